The molecule has 22 heavy (non-hydrogen) atoms. The van der Waals surface area contributed by atoms with Crippen molar-refractivity contribution in [3.8, 4) is 10.6 Å². The fourth-order valence-electron chi connectivity index (χ4n) is 2.82. The Bertz CT molecular complexity index is 803. The number of aromatic nitrogens is 1. The van der Waals surface area contributed by atoms with Crippen LogP contribution in [-0.2, 0) is 6.42 Å². The van der Waals surface area contributed by atoms with E-state index in [0.29, 0.717) is 5.69 Å². The molecule has 0 saturated carbocycles. The quantitative estimate of drug-likeness (QED) is 0.674. The van der Waals surface area contributed by atoms with Gasteiger partial charge in [0, 0.05) is 27.7 Å². The van der Waals surface area contributed by atoms with Crippen molar-refractivity contribution in [3.05, 3.63) is 49.8 Å². The highest BCUT2D eigenvalue weighted by molar-refractivity contribution is 7.14. The summed E-state index contributed by atoms with van der Waals surface area (Å²) in [6, 6.07) is 4.31. The summed E-state index contributed by atoms with van der Waals surface area (Å²) in [7, 11) is 0. The van der Waals surface area contributed by atoms with Crippen LogP contribution in [-0.4, -0.2) is 22.3 Å². The highest BCUT2D eigenvalue weighted by Gasteiger charge is 2.30. The van der Waals surface area contributed by atoms with Crippen LogP contribution in [0.4, 0.5) is 0 Å². The van der Waals surface area contributed by atoms with Crippen LogP contribution in [0.15, 0.2) is 33.7 Å². The van der Waals surface area contributed by atoms with Gasteiger partial charge in [-0.15, -0.1) is 22.7 Å². The highest BCUT2D eigenvalue weighted by atomic mass is 32.1. The van der Waals surface area contributed by atoms with Gasteiger partial charge in [-0.05, 0) is 41.8 Å². The molecule has 1 atom stereocenters. The molecule has 112 valence electrons. The van der Waals surface area contributed by atoms with Crippen molar-refractivity contribution < 1.29 is 4.79 Å². The van der Waals surface area contributed by atoms with E-state index in [1.54, 1.807) is 22.7 Å². The van der Waals surface area contributed by atoms with E-state index >= 15 is 0 Å². The number of carbonyl (C=O) groups is 1. The monoisotopic (exact) mass is 346 g/mol. The lowest BCUT2D eigenvalue weighted by atomic mass is 10.0. The third-order valence-corrected chi connectivity index (χ3v) is 6.60. The van der Waals surface area contributed by atoms with E-state index in [2.05, 4.69) is 28.7 Å². The maximum absolute atomic E-state index is 12.8. The van der Waals surface area contributed by atoms with Gasteiger partial charge >= 0.3 is 0 Å². The van der Waals surface area contributed by atoms with Gasteiger partial charge < -0.3 is 4.90 Å². The zero-order chi connectivity index (χ0) is 15.1. The van der Waals surface area contributed by atoms with Gasteiger partial charge in [0.2, 0.25) is 0 Å². The number of rotatable bonds is 2. The summed E-state index contributed by atoms with van der Waals surface area (Å²) in [4.78, 5) is 20.7. The first-order chi connectivity index (χ1) is 10.7. The van der Waals surface area contributed by atoms with Crippen LogP contribution in [0.1, 0.15) is 33.9 Å². The van der Waals surface area contributed by atoms with E-state index in [9.17, 15) is 4.79 Å². The Balaban J connectivity index is 1.60. The standard InChI is InChI=1S/C16H14N2OS3/c1-10-12-4-7-21-14(12)2-5-18(10)16(19)13-9-22-15(17-13)11-3-6-20-8-11/h3-4,6-10H,2,5H2,1H3. The molecular weight excluding hydrogens is 332 g/mol. The third kappa shape index (κ3) is 2.31. The number of thiazole rings is 1. The molecule has 0 saturated heterocycles. The maximum Gasteiger partial charge on any atom is 0.273 e. The van der Waals surface area contributed by atoms with Crippen LogP contribution in [0.3, 0.4) is 0 Å². The van der Waals surface area contributed by atoms with Gasteiger partial charge in [-0.1, -0.05) is 0 Å². The zero-order valence-electron chi connectivity index (χ0n) is 12.0. The van der Waals surface area contributed by atoms with Gasteiger partial charge in [0.05, 0.1) is 6.04 Å². The summed E-state index contributed by atoms with van der Waals surface area (Å²) in [6.07, 6.45) is 0.949. The topological polar surface area (TPSA) is 33.2 Å². The minimum Gasteiger partial charge on any atom is -0.330 e. The lowest BCUT2D eigenvalue weighted by Crippen LogP contribution is -2.38. The van der Waals surface area contributed by atoms with Crippen LogP contribution in [0, 0.1) is 0 Å². The summed E-state index contributed by atoms with van der Waals surface area (Å²) >= 11 is 4.98. The second kappa shape index (κ2) is 5.61. The molecule has 1 unspecified atom stereocenters. The molecule has 0 N–H and O–H groups in total. The predicted molar refractivity (Wildman–Crippen MR) is 92.9 cm³/mol. The van der Waals surface area contributed by atoms with E-state index in [1.807, 2.05) is 21.7 Å². The Morgan fingerprint density at radius 2 is 2.18 bits per heavy atom. The largest absolute Gasteiger partial charge is 0.330 e. The summed E-state index contributed by atoms with van der Waals surface area (Å²) < 4.78 is 0. The molecule has 6 heteroatoms. The highest BCUT2D eigenvalue weighted by Crippen LogP contribution is 2.34. The molecule has 3 aromatic heterocycles. The van der Waals surface area contributed by atoms with Crippen molar-refractivity contribution in [2.75, 3.05) is 6.54 Å². The van der Waals surface area contributed by atoms with Crippen molar-refractivity contribution >= 4 is 39.9 Å². The average Bonchev–Trinajstić information content (AvgIpc) is 3.26. The number of hydrogen-bond donors (Lipinski definition) is 0. The molecule has 0 aliphatic carbocycles. The lowest BCUT2D eigenvalue weighted by Gasteiger charge is -2.33. The van der Waals surface area contributed by atoms with Crippen molar-refractivity contribution in [2.24, 2.45) is 0 Å². The molecule has 1 aliphatic heterocycles. The first kappa shape index (κ1) is 14.1. The van der Waals surface area contributed by atoms with E-state index in [-0.39, 0.29) is 11.9 Å². The molecule has 0 radical (unpaired) electrons. The summed E-state index contributed by atoms with van der Waals surface area (Å²) in [5.74, 6) is 0.0436. The van der Waals surface area contributed by atoms with E-state index in [1.165, 1.54) is 21.8 Å². The molecule has 0 spiro atoms. The van der Waals surface area contributed by atoms with Crippen LogP contribution in [0.2, 0.25) is 0 Å². The van der Waals surface area contributed by atoms with E-state index in [0.717, 1.165) is 23.5 Å². The zero-order valence-corrected chi connectivity index (χ0v) is 14.4. The number of thiophene rings is 2. The van der Waals surface area contributed by atoms with E-state index in [4.69, 9.17) is 0 Å². The number of fused-ring (bicyclic) bond motifs is 1. The Morgan fingerprint density at radius 1 is 1.27 bits per heavy atom. The molecule has 0 aromatic carbocycles. The summed E-state index contributed by atoms with van der Waals surface area (Å²) in [5.41, 5.74) is 2.95. The number of hydrogen-bond acceptors (Lipinski definition) is 5. The second-order valence-electron chi connectivity index (χ2n) is 5.27. The van der Waals surface area contributed by atoms with Gasteiger partial charge in [-0.2, -0.15) is 11.3 Å². The number of carbonyl (C=O) groups excluding carboxylic acids is 1. The third-order valence-electron chi connectivity index (χ3n) is 4.03. The summed E-state index contributed by atoms with van der Waals surface area (Å²) in [6.45, 7) is 2.88. The molecular formula is C16H14N2OS3. The van der Waals surface area contributed by atoms with Crippen LogP contribution in [0.25, 0.3) is 10.6 Å². The SMILES string of the molecule is CC1c2ccsc2CCN1C(=O)c1csc(-c2ccsc2)n1. The first-order valence-corrected chi connectivity index (χ1v) is 9.79. The molecule has 3 aromatic rings. The molecule has 0 fully saturated rings. The lowest BCUT2D eigenvalue weighted by molar-refractivity contribution is 0.0674. The van der Waals surface area contributed by atoms with E-state index < -0.39 is 0 Å². The van der Waals surface area contributed by atoms with Gasteiger partial charge in [0.15, 0.2) is 0 Å². The average molecular weight is 347 g/mol. The normalized spacial score (nSPS) is 17.5. The molecule has 1 aliphatic rings. The Labute approximate surface area is 140 Å². The molecule has 1 amide bonds. The van der Waals surface area contributed by atoms with Crippen LogP contribution in [0.5, 0.6) is 0 Å². The van der Waals surface area contributed by atoms with Crippen LogP contribution >= 0.6 is 34.0 Å². The minimum atomic E-state index is 0.0436. The first-order valence-electron chi connectivity index (χ1n) is 7.09. The number of nitrogens with zero attached hydrogens (tertiary/aromatic N) is 2. The Morgan fingerprint density at radius 3 is 3.00 bits per heavy atom. The molecule has 4 rings (SSSR count). The van der Waals surface area contributed by atoms with Gasteiger partial charge in [-0.25, -0.2) is 4.98 Å². The molecule has 0 bridgehead atoms. The minimum absolute atomic E-state index is 0.0436. The van der Waals surface area contributed by atoms with Gasteiger partial charge in [0.1, 0.15) is 10.7 Å². The van der Waals surface area contributed by atoms with Gasteiger partial charge in [0.25, 0.3) is 5.91 Å². The smallest absolute Gasteiger partial charge is 0.273 e. The Hall–Kier alpha value is -1.50. The summed E-state index contributed by atoms with van der Waals surface area (Å²) in [5, 5.41) is 9.01. The van der Waals surface area contributed by atoms with Crippen molar-refractivity contribution in [1.29, 1.82) is 0 Å². The maximum atomic E-state index is 12.8. The van der Waals surface area contributed by atoms with Crippen LogP contribution < -0.4 is 0 Å². The second-order valence-corrected chi connectivity index (χ2v) is 7.91. The fraction of sp³-hybridized carbons (Fsp3) is 0.250. The van der Waals surface area contributed by atoms with Crippen molar-refractivity contribution in [2.45, 2.75) is 19.4 Å². The van der Waals surface area contributed by atoms with Crippen molar-refractivity contribution in [3.63, 3.8) is 0 Å². The molecule has 3 nitrogen and oxygen atoms in total. The molecule has 4 heterocycles. The van der Waals surface area contributed by atoms with Gasteiger partial charge in [-0.3, -0.25) is 4.79 Å². The van der Waals surface area contributed by atoms with Crippen molar-refractivity contribution in [1.82, 2.24) is 9.88 Å². The predicted octanol–water partition coefficient (Wildman–Crippen LogP) is 4.69. The fourth-order valence-corrected chi connectivity index (χ4v) is 5.29. The number of amides is 1. The Kier molecular flexibility index (Phi) is 3.60.